The zero-order chi connectivity index (χ0) is 21.4. The fraction of sp³-hybridized carbons (Fsp3) is 0.818. The van der Waals surface area contributed by atoms with Gasteiger partial charge in [-0.15, -0.1) is 0 Å². The molecule has 3 saturated carbocycles. The molecular formula is C22H30O7. The van der Waals surface area contributed by atoms with Crippen molar-refractivity contribution in [2.75, 3.05) is 6.61 Å². The van der Waals surface area contributed by atoms with Crippen LogP contribution in [-0.2, 0) is 19.1 Å². The van der Waals surface area contributed by atoms with E-state index in [0.29, 0.717) is 12.0 Å². The molecule has 1 aliphatic heterocycles. The normalized spacial score (nSPS) is 56.2. The number of carbonyl (C=O) groups is 2. The summed E-state index contributed by atoms with van der Waals surface area (Å²) in [6.45, 7) is 8.66. The maximum atomic E-state index is 13.0. The molecule has 5 rings (SSSR count). The summed E-state index contributed by atoms with van der Waals surface area (Å²) >= 11 is 0. The van der Waals surface area contributed by atoms with Crippen molar-refractivity contribution in [3.63, 3.8) is 0 Å². The number of ether oxygens (including phenoxy) is 2. The number of esters is 1. The molecule has 5 aliphatic rings. The molecule has 7 nitrogen and oxygen atoms in total. The first-order valence-corrected chi connectivity index (χ1v) is 10.5. The van der Waals surface area contributed by atoms with E-state index in [-0.39, 0.29) is 36.2 Å². The van der Waals surface area contributed by atoms with Gasteiger partial charge in [-0.05, 0) is 24.8 Å². The maximum Gasteiger partial charge on any atom is 0.303 e. The van der Waals surface area contributed by atoms with E-state index in [0.717, 1.165) is 0 Å². The average molecular weight is 406 g/mol. The highest BCUT2D eigenvalue weighted by Gasteiger charge is 2.88. The molecule has 0 spiro atoms. The first kappa shape index (κ1) is 19.7. The number of aliphatic hydroxyl groups is 3. The van der Waals surface area contributed by atoms with Gasteiger partial charge in [0.05, 0.1) is 18.3 Å². The lowest BCUT2D eigenvalue weighted by molar-refractivity contribution is -0.198. The third kappa shape index (κ3) is 1.94. The highest BCUT2D eigenvalue weighted by atomic mass is 16.6. The summed E-state index contributed by atoms with van der Waals surface area (Å²) in [7, 11) is 0. The Morgan fingerprint density at radius 3 is 2.59 bits per heavy atom. The molecule has 0 aromatic rings. The van der Waals surface area contributed by atoms with Crippen molar-refractivity contribution in [1.82, 2.24) is 0 Å². The molecule has 0 radical (unpaired) electrons. The molecule has 4 fully saturated rings. The van der Waals surface area contributed by atoms with Crippen LogP contribution >= 0.6 is 0 Å². The van der Waals surface area contributed by atoms with Gasteiger partial charge in [-0.1, -0.05) is 26.8 Å². The summed E-state index contributed by atoms with van der Waals surface area (Å²) in [5.74, 6) is -2.56. The third-order valence-corrected chi connectivity index (χ3v) is 9.07. The van der Waals surface area contributed by atoms with Crippen molar-refractivity contribution in [1.29, 1.82) is 0 Å². The van der Waals surface area contributed by atoms with Gasteiger partial charge in [-0.3, -0.25) is 9.59 Å². The molecule has 29 heavy (non-hydrogen) atoms. The van der Waals surface area contributed by atoms with Crippen LogP contribution in [0.2, 0.25) is 0 Å². The molecule has 3 N–H and O–H groups in total. The molecular weight excluding hydrogens is 376 g/mol. The van der Waals surface area contributed by atoms with Crippen molar-refractivity contribution in [2.24, 2.45) is 29.1 Å². The Kier molecular flexibility index (Phi) is 3.48. The van der Waals surface area contributed by atoms with Gasteiger partial charge in [0.1, 0.15) is 16.8 Å². The zero-order valence-electron chi connectivity index (χ0n) is 17.6. The van der Waals surface area contributed by atoms with E-state index in [1.165, 1.54) is 6.92 Å². The van der Waals surface area contributed by atoms with Gasteiger partial charge >= 0.3 is 5.97 Å². The number of fused-ring (bicyclic) bond motifs is 7. The van der Waals surface area contributed by atoms with Gasteiger partial charge in [0.2, 0.25) is 0 Å². The van der Waals surface area contributed by atoms with Crippen LogP contribution in [0.4, 0.5) is 0 Å². The monoisotopic (exact) mass is 406 g/mol. The number of carbonyl (C=O) groups excluding carboxylic acids is 2. The molecule has 0 unspecified atom stereocenters. The third-order valence-electron chi connectivity index (χ3n) is 9.07. The molecule has 1 saturated heterocycles. The maximum absolute atomic E-state index is 13.0. The summed E-state index contributed by atoms with van der Waals surface area (Å²) in [6.07, 6.45) is 1.61. The fourth-order valence-electron chi connectivity index (χ4n) is 7.68. The Morgan fingerprint density at radius 1 is 1.34 bits per heavy atom. The van der Waals surface area contributed by atoms with Gasteiger partial charge in [-0.25, -0.2) is 0 Å². The Balaban J connectivity index is 1.70. The van der Waals surface area contributed by atoms with Crippen LogP contribution in [0, 0.1) is 29.1 Å². The Labute approximate surface area is 170 Å². The standard InChI is InChI=1S/C22H30O7/c1-10-6-13-20(26,16(10)25)8-19(9-23)17(29-19)14-15-18(4,5)21(15,28-12(3)24)7-11(2)22(13,14)27/h6,11,13-15,17,23,26-27H,7-9H2,1-5H3/t11-,13-,14-,15-,17-,19-,20-,21+,22+/m1/s1. The molecule has 1 heterocycles. The minimum atomic E-state index is -1.81. The Bertz CT molecular complexity index is 863. The van der Waals surface area contributed by atoms with Crippen LogP contribution in [0.25, 0.3) is 0 Å². The SMILES string of the molecule is CC(=O)O[C@@]12C[C@@H](C)[C@@]3(O)[C@@H]([C@H]4O[C@@]4(CO)C[C@]4(O)C(=O)C(C)=C[C@@H]34)[C@@H]1C2(C)C. The summed E-state index contributed by atoms with van der Waals surface area (Å²) in [6, 6.07) is 0. The molecule has 0 bridgehead atoms. The summed E-state index contributed by atoms with van der Waals surface area (Å²) in [5, 5.41) is 33.9. The quantitative estimate of drug-likeness (QED) is 0.457. The van der Waals surface area contributed by atoms with E-state index < -0.39 is 46.1 Å². The van der Waals surface area contributed by atoms with E-state index in [9.17, 15) is 24.9 Å². The topological polar surface area (TPSA) is 117 Å². The minimum absolute atomic E-state index is 0.0439. The smallest absolute Gasteiger partial charge is 0.303 e. The number of Topliss-reactive ketones (excluding diaryl/α,β-unsaturated/α-hetero) is 1. The van der Waals surface area contributed by atoms with Crippen LogP contribution < -0.4 is 0 Å². The van der Waals surface area contributed by atoms with Crippen molar-refractivity contribution in [3.8, 4) is 0 Å². The molecule has 4 aliphatic carbocycles. The Morgan fingerprint density at radius 2 is 2.00 bits per heavy atom. The van der Waals surface area contributed by atoms with Gasteiger partial charge in [0.25, 0.3) is 0 Å². The van der Waals surface area contributed by atoms with Crippen molar-refractivity contribution >= 4 is 11.8 Å². The predicted molar refractivity (Wildman–Crippen MR) is 100 cm³/mol. The van der Waals surface area contributed by atoms with Crippen LogP contribution in [-0.4, -0.2) is 62.2 Å². The van der Waals surface area contributed by atoms with Crippen LogP contribution in [0.15, 0.2) is 11.6 Å². The molecule has 7 heteroatoms. The van der Waals surface area contributed by atoms with E-state index in [2.05, 4.69) is 0 Å². The molecule has 0 aromatic heterocycles. The largest absolute Gasteiger partial charge is 0.458 e. The highest BCUT2D eigenvalue weighted by molar-refractivity contribution is 6.04. The molecule has 0 amide bonds. The number of rotatable bonds is 2. The lowest BCUT2D eigenvalue weighted by atomic mass is 9.59. The Hall–Kier alpha value is -1.28. The molecule has 0 aromatic carbocycles. The van der Waals surface area contributed by atoms with E-state index in [1.807, 2.05) is 20.8 Å². The zero-order valence-corrected chi connectivity index (χ0v) is 17.6. The van der Waals surface area contributed by atoms with Gasteiger partial charge in [0, 0.05) is 36.5 Å². The van der Waals surface area contributed by atoms with E-state index in [4.69, 9.17) is 9.47 Å². The van der Waals surface area contributed by atoms with Gasteiger partial charge in [0.15, 0.2) is 5.78 Å². The van der Waals surface area contributed by atoms with Crippen LogP contribution in [0.1, 0.15) is 47.5 Å². The number of hydrogen-bond donors (Lipinski definition) is 3. The minimum Gasteiger partial charge on any atom is -0.458 e. The van der Waals surface area contributed by atoms with Crippen LogP contribution in [0.3, 0.4) is 0 Å². The lowest BCUT2D eigenvalue weighted by Crippen LogP contribution is -2.62. The second-order valence-corrected chi connectivity index (χ2v) is 10.7. The summed E-state index contributed by atoms with van der Waals surface area (Å²) in [4.78, 5) is 24.9. The van der Waals surface area contributed by atoms with E-state index >= 15 is 0 Å². The van der Waals surface area contributed by atoms with Gasteiger partial charge in [-0.2, -0.15) is 0 Å². The lowest BCUT2D eigenvalue weighted by Gasteiger charge is -2.51. The fourth-order valence-corrected chi connectivity index (χ4v) is 7.68. The number of hydrogen-bond acceptors (Lipinski definition) is 7. The van der Waals surface area contributed by atoms with E-state index in [1.54, 1.807) is 13.0 Å². The van der Waals surface area contributed by atoms with Crippen molar-refractivity contribution < 1.29 is 34.4 Å². The van der Waals surface area contributed by atoms with Crippen molar-refractivity contribution in [3.05, 3.63) is 11.6 Å². The summed E-state index contributed by atoms with van der Waals surface area (Å²) in [5.41, 5.74) is -4.96. The molecule has 160 valence electrons. The highest BCUT2D eigenvalue weighted by Crippen LogP contribution is 2.79. The number of aliphatic hydroxyl groups excluding tert-OH is 1. The van der Waals surface area contributed by atoms with Crippen molar-refractivity contribution in [2.45, 2.75) is 76.0 Å². The predicted octanol–water partition coefficient (Wildman–Crippen LogP) is 0.741. The number of ketones is 1. The first-order valence-electron chi connectivity index (χ1n) is 10.5. The first-order chi connectivity index (χ1) is 13.3. The molecule has 9 atom stereocenters. The second-order valence-electron chi connectivity index (χ2n) is 10.7. The van der Waals surface area contributed by atoms with Crippen LogP contribution in [0.5, 0.6) is 0 Å². The second kappa shape index (κ2) is 5.13. The summed E-state index contributed by atoms with van der Waals surface area (Å²) < 4.78 is 11.9. The average Bonchev–Trinajstić information content (AvgIpc) is 3.41. The number of epoxide rings is 1. The van der Waals surface area contributed by atoms with Gasteiger partial charge < -0.3 is 24.8 Å².